The van der Waals surface area contributed by atoms with E-state index in [0.29, 0.717) is 5.41 Å². The van der Waals surface area contributed by atoms with E-state index in [9.17, 15) is 0 Å². The molecule has 3 N–H and O–H groups in total. The number of hydrogen-bond acceptors (Lipinski definition) is 3. The Labute approximate surface area is 97.0 Å². The molecule has 1 aromatic rings. The van der Waals surface area contributed by atoms with Gasteiger partial charge in [-0.3, -0.25) is 0 Å². The van der Waals surface area contributed by atoms with Crippen LogP contribution in [0.25, 0.3) is 0 Å². The van der Waals surface area contributed by atoms with Crippen LogP contribution in [-0.2, 0) is 0 Å². The first kappa shape index (κ1) is 11.1. The number of anilines is 2. The molecule has 3 heteroatoms. The van der Waals surface area contributed by atoms with Crippen molar-refractivity contribution >= 4 is 11.4 Å². The third-order valence-electron chi connectivity index (χ3n) is 3.53. The van der Waals surface area contributed by atoms with Crippen molar-refractivity contribution in [2.24, 2.45) is 5.41 Å². The lowest BCUT2D eigenvalue weighted by Gasteiger charge is -2.38. The Balaban J connectivity index is 1.98. The lowest BCUT2D eigenvalue weighted by molar-refractivity contribution is 0.180. The number of hydrogen-bond donors (Lipinski definition) is 2. The summed E-state index contributed by atoms with van der Waals surface area (Å²) in [5.74, 6) is 0.804. The Morgan fingerprint density at radius 3 is 2.69 bits per heavy atom. The van der Waals surface area contributed by atoms with E-state index in [0.717, 1.165) is 23.7 Å². The summed E-state index contributed by atoms with van der Waals surface area (Å²) in [5.41, 5.74) is 8.17. The molecule has 88 valence electrons. The summed E-state index contributed by atoms with van der Waals surface area (Å²) in [4.78, 5) is 0. The summed E-state index contributed by atoms with van der Waals surface area (Å²) in [5, 5.41) is 3.43. The molecule has 3 nitrogen and oxygen atoms in total. The second-order valence-electron chi connectivity index (χ2n) is 4.97. The zero-order valence-electron chi connectivity index (χ0n) is 10.0. The molecule has 0 aromatic heterocycles. The zero-order valence-corrected chi connectivity index (χ0v) is 10.0. The fraction of sp³-hybridized carbons (Fsp3) is 0.538. The summed E-state index contributed by atoms with van der Waals surface area (Å²) in [6.45, 7) is 3.33. The Kier molecular flexibility index (Phi) is 2.95. The highest BCUT2D eigenvalue weighted by atomic mass is 16.5. The summed E-state index contributed by atoms with van der Waals surface area (Å²) in [6, 6.07) is 5.77. The number of ether oxygens (including phenoxy) is 1. The van der Waals surface area contributed by atoms with Crippen LogP contribution in [0, 0.1) is 5.41 Å². The summed E-state index contributed by atoms with van der Waals surface area (Å²) >= 11 is 0. The van der Waals surface area contributed by atoms with Crippen LogP contribution in [0.15, 0.2) is 18.2 Å². The maximum absolute atomic E-state index is 5.94. The fourth-order valence-electron chi connectivity index (χ4n) is 2.09. The monoisotopic (exact) mass is 220 g/mol. The molecule has 1 fully saturated rings. The van der Waals surface area contributed by atoms with Gasteiger partial charge in [-0.05, 0) is 30.4 Å². The van der Waals surface area contributed by atoms with Gasteiger partial charge in [-0.25, -0.2) is 0 Å². The molecule has 0 spiro atoms. The third kappa shape index (κ3) is 2.23. The molecule has 0 saturated heterocycles. The predicted molar refractivity (Wildman–Crippen MR) is 67.9 cm³/mol. The molecule has 16 heavy (non-hydrogen) atoms. The molecule has 1 aliphatic carbocycles. The van der Waals surface area contributed by atoms with Crippen molar-refractivity contribution in [2.75, 3.05) is 24.7 Å². The summed E-state index contributed by atoms with van der Waals surface area (Å²) in [6.07, 6.45) is 3.99. The van der Waals surface area contributed by atoms with E-state index in [-0.39, 0.29) is 0 Å². The highest BCUT2D eigenvalue weighted by molar-refractivity contribution is 5.68. The van der Waals surface area contributed by atoms with Gasteiger partial charge in [0.1, 0.15) is 5.75 Å². The topological polar surface area (TPSA) is 47.3 Å². The van der Waals surface area contributed by atoms with Crippen LogP contribution in [0.2, 0.25) is 0 Å². The molecule has 1 aliphatic rings. The standard InChI is InChI=1S/C13H20N2O/c1-13(6-3-7-13)9-15-12-5-4-10(16-2)8-11(12)14/h4-5,8,15H,3,6-7,9,14H2,1-2H3. The molecular formula is C13H20N2O. The van der Waals surface area contributed by atoms with Crippen LogP contribution in [0.4, 0.5) is 11.4 Å². The molecule has 2 rings (SSSR count). The smallest absolute Gasteiger partial charge is 0.121 e. The lowest BCUT2D eigenvalue weighted by atomic mass is 9.70. The van der Waals surface area contributed by atoms with Crippen molar-refractivity contribution < 1.29 is 4.74 Å². The van der Waals surface area contributed by atoms with E-state index in [1.54, 1.807) is 7.11 Å². The maximum Gasteiger partial charge on any atom is 0.121 e. The molecule has 0 bridgehead atoms. The maximum atomic E-state index is 5.94. The van der Waals surface area contributed by atoms with Crippen LogP contribution in [0.3, 0.4) is 0 Å². The van der Waals surface area contributed by atoms with Gasteiger partial charge in [-0.2, -0.15) is 0 Å². The highest BCUT2D eigenvalue weighted by Crippen LogP contribution is 2.40. The van der Waals surface area contributed by atoms with Crippen molar-refractivity contribution in [3.05, 3.63) is 18.2 Å². The quantitative estimate of drug-likeness (QED) is 0.767. The predicted octanol–water partition coefficient (Wildman–Crippen LogP) is 2.88. The number of rotatable bonds is 4. The minimum Gasteiger partial charge on any atom is -0.497 e. The van der Waals surface area contributed by atoms with Gasteiger partial charge in [-0.1, -0.05) is 13.3 Å². The van der Waals surface area contributed by atoms with Crippen molar-refractivity contribution in [3.8, 4) is 5.75 Å². The van der Waals surface area contributed by atoms with Gasteiger partial charge in [0.2, 0.25) is 0 Å². The summed E-state index contributed by atoms with van der Waals surface area (Å²) < 4.78 is 5.12. The van der Waals surface area contributed by atoms with Crippen molar-refractivity contribution in [2.45, 2.75) is 26.2 Å². The van der Waals surface area contributed by atoms with Crippen molar-refractivity contribution in [1.82, 2.24) is 0 Å². The first-order chi connectivity index (χ1) is 7.63. The first-order valence-electron chi connectivity index (χ1n) is 5.80. The molecule has 0 atom stereocenters. The Morgan fingerprint density at radius 2 is 2.19 bits per heavy atom. The molecule has 1 aromatic carbocycles. The van der Waals surface area contributed by atoms with Crippen LogP contribution in [-0.4, -0.2) is 13.7 Å². The number of nitrogen functional groups attached to an aromatic ring is 1. The van der Waals surface area contributed by atoms with Crippen LogP contribution in [0.1, 0.15) is 26.2 Å². The van der Waals surface area contributed by atoms with Crippen molar-refractivity contribution in [1.29, 1.82) is 0 Å². The van der Waals surface area contributed by atoms with Crippen molar-refractivity contribution in [3.63, 3.8) is 0 Å². The zero-order chi connectivity index (χ0) is 11.6. The van der Waals surface area contributed by atoms with E-state index in [1.807, 2.05) is 18.2 Å². The van der Waals surface area contributed by atoms with Crippen LogP contribution >= 0.6 is 0 Å². The molecule has 1 saturated carbocycles. The van der Waals surface area contributed by atoms with Gasteiger partial charge in [0, 0.05) is 12.6 Å². The Bertz CT molecular complexity index is 372. The number of nitrogens with one attached hydrogen (secondary N) is 1. The SMILES string of the molecule is COc1ccc(NCC2(C)CCC2)c(N)c1. The van der Waals surface area contributed by atoms with Crippen LogP contribution < -0.4 is 15.8 Å². The third-order valence-corrected chi connectivity index (χ3v) is 3.53. The van der Waals surface area contributed by atoms with E-state index in [2.05, 4.69) is 12.2 Å². The largest absolute Gasteiger partial charge is 0.497 e. The minimum atomic E-state index is 0.465. The molecule has 0 radical (unpaired) electrons. The highest BCUT2D eigenvalue weighted by Gasteiger charge is 2.31. The molecule has 0 amide bonds. The average Bonchev–Trinajstić information content (AvgIpc) is 2.25. The van der Waals surface area contributed by atoms with Crippen LogP contribution in [0.5, 0.6) is 5.75 Å². The molecule has 0 unspecified atom stereocenters. The van der Waals surface area contributed by atoms with Gasteiger partial charge >= 0.3 is 0 Å². The number of nitrogens with two attached hydrogens (primary N) is 1. The van der Waals surface area contributed by atoms with E-state index >= 15 is 0 Å². The molecular weight excluding hydrogens is 200 g/mol. The van der Waals surface area contributed by atoms with Gasteiger partial charge in [0.15, 0.2) is 0 Å². The normalized spacial score (nSPS) is 17.6. The average molecular weight is 220 g/mol. The number of benzene rings is 1. The number of methoxy groups -OCH3 is 1. The van der Waals surface area contributed by atoms with Gasteiger partial charge in [-0.15, -0.1) is 0 Å². The second-order valence-corrected chi connectivity index (χ2v) is 4.97. The van der Waals surface area contributed by atoms with Gasteiger partial charge in [0.05, 0.1) is 18.5 Å². The van der Waals surface area contributed by atoms with Gasteiger partial charge in [0.25, 0.3) is 0 Å². The molecule has 0 heterocycles. The van der Waals surface area contributed by atoms with E-state index in [1.165, 1.54) is 19.3 Å². The molecule has 0 aliphatic heterocycles. The summed E-state index contributed by atoms with van der Waals surface area (Å²) in [7, 11) is 1.65. The Hall–Kier alpha value is -1.38. The van der Waals surface area contributed by atoms with E-state index < -0.39 is 0 Å². The lowest BCUT2D eigenvalue weighted by Crippen LogP contribution is -2.33. The Morgan fingerprint density at radius 1 is 1.44 bits per heavy atom. The second kappa shape index (κ2) is 4.24. The van der Waals surface area contributed by atoms with Gasteiger partial charge < -0.3 is 15.8 Å². The first-order valence-corrected chi connectivity index (χ1v) is 5.80. The minimum absolute atomic E-state index is 0.465. The fourth-order valence-corrected chi connectivity index (χ4v) is 2.09. The van der Waals surface area contributed by atoms with E-state index in [4.69, 9.17) is 10.5 Å².